The van der Waals surface area contributed by atoms with Gasteiger partial charge in [0.15, 0.2) is 0 Å². The molecule has 1 N–H and O–H groups in total. The number of halogens is 1. The van der Waals surface area contributed by atoms with Gasteiger partial charge in [-0.15, -0.1) is 0 Å². The summed E-state index contributed by atoms with van der Waals surface area (Å²) in [6.45, 7) is 4.04. The van der Waals surface area contributed by atoms with Crippen LogP contribution >= 0.6 is 23.4 Å². The van der Waals surface area contributed by atoms with Crippen molar-refractivity contribution in [3.8, 4) is 0 Å². The Hall–Kier alpha value is -0.670. The first kappa shape index (κ1) is 13.4. The predicted molar refractivity (Wildman–Crippen MR) is 72.4 cm³/mol. The third-order valence-electron chi connectivity index (χ3n) is 2.04. The van der Waals surface area contributed by atoms with Gasteiger partial charge < -0.3 is 5.32 Å². The highest BCUT2D eigenvalue weighted by Crippen LogP contribution is 2.19. The molecule has 0 aliphatic carbocycles. The highest BCUT2D eigenvalue weighted by Gasteiger charge is 2.04. The Balaban J connectivity index is 2.49. The van der Waals surface area contributed by atoms with E-state index in [4.69, 9.17) is 11.6 Å². The van der Waals surface area contributed by atoms with Crippen molar-refractivity contribution in [1.29, 1.82) is 0 Å². The van der Waals surface area contributed by atoms with Crippen molar-refractivity contribution in [1.82, 2.24) is 0 Å². The van der Waals surface area contributed by atoms with E-state index in [1.165, 1.54) is 0 Å². The summed E-state index contributed by atoms with van der Waals surface area (Å²) in [5.41, 5.74) is 1.83. The third-order valence-corrected chi connectivity index (χ3v) is 3.44. The van der Waals surface area contributed by atoms with Crippen molar-refractivity contribution in [2.75, 3.05) is 16.8 Å². The maximum absolute atomic E-state index is 11.6. The molecule has 0 bridgehead atoms. The van der Waals surface area contributed by atoms with Gasteiger partial charge in [-0.05, 0) is 42.9 Å². The van der Waals surface area contributed by atoms with Crippen LogP contribution in [-0.4, -0.2) is 17.4 Å². The molecule has 16 heavy (non-hydrogen) atoms. The Morgan fingerprint density at radius 1 is 1.50 bits per heavy atom. The van der Waals surface area contributed by atoms with Gasteiger partial charge in [0.25, 0.3) is 0 Å². The van der Waals surface area contributed by atoms with Gasteiger partial charge in [-0.25, -0.2) is 0 Å². The van der Waals surface area contributed by atoms with Crippen LogP contribution in [0.2, 0.25) is 5.02 Å². The van der Waals surface area contributed by atoms with Crippen LogP contribution in [0.3, 0.4) is 0 Å². The van der Waals surface area contributed by atoms with Crippen LogP contribution in [0.15, 0.2) is 18.2 Å². The van der Waals surface area contributed by atoms with Crippen LogP contribution < -0.4 is 5.32 Å². The number of benzene rings is 1. The van der Waals surface area contributed by atoms with E-state index in [0.717, 1.165) is 23.4 Å². The number of carbonyl (C=O) groups excluding carboxylic acids is 1. The molecule has 1 amide bonds. The summed E-state index contributed by atoms with van der Waals surface area (Å²) in [5, 5.41) is 3.57. The Morgan fingerprint density at radius 2 is 2.25 bits per heavy atom. The zero-order valence-electron chi connectivity index (χ0n) is 9.55. The zero-order chi connectivity index (χ0) is 12.0. The van der Waals surface area contributed by atoms with E-state index in [1.807, 2.05) is 19.1 Å². The molecular formula is C12H16ClNOS. The molecule has 0 aromatic heterocycles. The number of hydrogen-bond acceptors (Lipinski definition) is 2. The van der Waals surface area contributed by atoms with Gasteiger partial charge >= 0.3 is 0 Å². The van der Waals surface area contributed by atoms with Gasteiger partial charge in [0.1, 0.15) is 0 Å². The summed E-state index contributed by atoms with van der Waals surface area (Å²) in [6.07, 6.45) is 1.10. The predicted octanol–water partition coefficient (Wildman–Crippen LogP) is 3.73. The number of carbonyl (C=O) groups is 1. The SMILES string of the molecule is CCCSCC(=O)Nc1ccc(Cl)cc1C. The lowest BCUT2D eigenvalue weighted by atomic mass is 10.2. The van der Waals surface area contributed by atoms with Gasteiger partial charge in [-0.1, -0.05) is 18.5 Å². The summed E-state index contributed by atoms with van der Waals surface area (Å²) in [4.78, 5) is 11.6. The number of anilines is 1. The smallest absolute Gasteiger partial charge is 0.234 e. The van der Waals surface area contributed by atoms with Crippen molar-refractivity contribution in [3.63, 3.8) is 0 Å². The lowest BCUT2D eigenvalue weighted by molar-refractivity contribution is -0.113. The van der Waals surface area contributed by atoms with Crippen molar-refractivity contribution in [3.05, 3.63) is 28.8 Å². The number of aryl methyl sites for hydroxylation is 1. The lowest BCUT2D eigenvalue weighted by Gasteiger charge is -2.08. The minimum Gasteiger partial charge on any atom is -0.325 e. The molecular weight excluding hydrogens is 242 g/mol. The molecule has 0 saturated carbocycles. The first-order valence-electron chi connectivity index (χ1n) is 5.27. The second kappa shape index (κ2) is 6.81. The zero-order valence-corrected chi connectivity index (χ0v) is 11.1. The number of hydrogen-bond donors (Lipinski definition) is 1. The molecule has 0 unspecified atom stereocenters. The molecule has 0 fully saturated rings. The maximum Gasteiger partial charge on any atom is 0.234 e. The van der Waals surface area contributed by atoms with Crippen LogP contribution in [0.1, 0.15) is 18.9 Å². The molecule has 1 rings (SSSR count). The second-order valence-electron chi connectivity index (χ2n) is 3.56. The van der Waals surface area contributed by atoms with Crippen LogP contribution in [0.25, 0.3) is 0 Å². The standard InChI is InChI=1S/C12H16ClNOS/c1-3-6-16-8-12(15)14-11-5-4-10(13)7-9(11)2/h4-5,7H,3,6,8H2,1-2H3,(H,14,15). The summed E-state index contributed by atoms with van der Waals surface area (Å²) in [7, 11) is 0. The fourth-order valence-corrected chi connectivity index (χ4v) is 2.18. The molecule has 0 atom stereocenters. The highest BCUT2D eigenvalue weighted by molar-refractivity contribution is 7.99. The molecule has 4 heteroatoms. The highest BCUT2D eigenvalue weighted by atomic mass is 35.5. The molecule has 0 heterocycles. The van der Waals surface area contributed by atoms with E-state index in [9.17, 15) is 4.79 Å². The fraction of sp³-hybridized carbons (Fsp3) is 0.417. The van der Waals surface area contributed by atoms with Gasteiger partial charge in [0.2, 0.25) is 5.91 Å². The van der Waals surface area contributed by atoms with Gasteiger partial charge in [0.05, 0.1) is 5.75 Å². The van der Waals surface area contributed by atoms with E-state index in [0.29, 0.717) is 10.8 Å². The minimum atomic E-state index is 0.0453. The second-order valence-corrected chi connectivity index (χ2v) is 5.10. The Kier molecular flexibility index (Phi) is 5.71. The van der Waals surface area contributed by atoms with Crippen LogP contribution in [-0.2, 0) is 4.79 Å². The third kappa shape index (κ3) is 4.45. The first-order valence-corrected chi connectivity index (χ1v) is 6.80. The van der Waals surface area contributed by atoms with E-state index < -0.39 is 0 Å². The molecule has 0 radical (unpaired) electrons. The monoisotopic (exact) mass is 257 g/mol. The van der Waals surface area contributed by atoms with Gasteiger partial charge in [0, 0.05) is 10.7 Å². The summed E-state index contributed by atoms with van der Waals surface area (Å²) in [6, 6.07) is 5.46. The lowest BCUT2D eigenvalue weighted by Crippen LogP contribution is -2.15. The summed E-state index contributed by atoms with van der Waals surface area (Å²) < 4.78 is 0. The van der Waals surface area contributed by atoms with Crippen molar-refractivity contribution in [2.24, 2.45) is 0 Å². The summed E-state index contributed by atoms with van der Waals surface area (Å²) in [5.74, 6) is 1.58. The molecule has 0 aliphatic heterocycles. The van der Waals surface area contributed by atoms with E-state index in [2.05, 4.69) is 12.2 Å². The Morgan fingerprint density at radius 3 is 2.88 bits per heavy atom. The number of thioether (sulfide) groups is 1. The van der Waals surface area contributed by atoms with Crippen molar-refractivity contribution < 1.29 is 4.79 Å². The maximum atomic E-state index is 11.6. The number of amides is 1. The van der Waals surface area contributed by atoms with Crippen molar-refractivity contribution >= 4 is 35.0 Å². The van der Waals surface area contributed by atoms with E-state index >= 15 is 0 Å². The topological polar surface area (TPSA) is 29.1 Å². The number of nitrogens with one attached hydrogen (secondary N) is 1. The molecule has 0 saturated heterocycles. The molecule has 0 spiro atoms. The Bertz CT molecular complexity index is 368. The van der Waals surface area contributed by atoms with Crippen LogP contribution in [0.4, 0.5) is 5.69 Å². The quantitative estimate of drug-likeness (QED) is 0.815. The fourth-order valence-electron chi connectivity index (χ4n) is 1.26. The molecule has 1 aromatic rings. The molecule has 0 aliphatic rings. The Labute approximate surface area is 106 Å². The van der Waals surface area contributed by atoms with Gasteiger partial charge in [-0.2, -0.15) is 11.8 Å². The normalized spacial score (nSPS) is 10.2. The van der Waals surface area contributed by atoms with Gasteiger partial charge in [-0.3, -0.25) is 4.79 Å². The molecule has 1 aromatic carbocycles. The average molecular weight is 258 g/mol. The summed E-state index contributed by atoms with van der Waals surface area (Å²) >= 11 is 7.49. The van der Waals surface area contributed by atoms with Crippen LogP contribution in [0, 0.1) is 6.92 Å². The average Bonchev–Trinajstić information content (AvgIpc) is 2.23. The van der Waals surface area contributed by atoms with E-state index in [-0.39, 0.29) is 5.91 Å². The number of rotatable bonds is 5. The molecule has 88 valence electrons. The largest absolute Gasteiger partial charge is 0.325 e. The molecule has 2 nitrogen and oxygen atoms in total. The minimum absolute atomic E-state index is 0.0453. The van der Waals surface area contributed by atoms with Crippen LogP contribution in [0.5, 0.6) is 0 Å². The van der Waals surface area contributed by atoms with Crippen molar-refractivity contribution in [2.45, 2.75) is 20.3 Å². The van der Waals surface area contributed by atoms with E-state index in [1.54, 1.807) is 17.8 Å². The first-order chi connectivity index (χ1) is 7.63.